The maximum Gasteiger partial charge on any atom is 0.0386 e. The maximum atomic E-state index is 3.49. The van der Waals surface area contributed by atoms with Crippen LogP contribution in [-0.2, 0) is 5.41 Å². The van der Waals surface area contributed by atoms with Gasteiger partial charge in [0.15, 0.2) is 0 Å². The Labute approximate surface area is 111 Å². The van der Waals surface area contributed by atoms with E-state index in [4.69, 9.17) is 0 Å². The molecule has 0 bridgehead atoms. The number of nitrogens with one attached hydrogen (secondary N) is 1. The minimum absolute atomic E-state index is 0.241. The molecular formula is C16H26N2. The highest BCUT2D eigenvalue weighted by Crippen LogP contribution is 2.26. The molecule has 1 atom stereocenters. The van der Waals surface area contributed by atoms with Crippen molar-refractivity contribution in [1.82, 2.24) is 5.32 Å². The lowest BCUT2D eigenvalue weighted by atomic mass is 9.87. The Morgan fingerprint density at radius 3 is 2.44 bits per heavy atom. The second-order valence-electron chi connectivity index (χ2n) is 6.40. The smallest absolute Gasteiger partial charge is 0.0386 e. The van der Waals surface area contributed by atoms with Crippen LogP contribution in [0.3, 0.4) is 0 Å². The molecule has 0 aromatic heterocycles. The first-order valence-corrected chi connectivity index (χ1v) is 7.06. The molecule has 1 aromatic carbocycles. The number of hydrogen-bond acceptors (Lipinski definition) is 2. The zero-order valence-corrected chi connectivity index (χ0v) is 12.2. The summed E-state index contributed by atoms with van der Waals surface area (Å²) in [5.41, 5.74) is 3.01. The van der Waals surface area contributed by atoms with E-state index in [0.29, 0.717) is 6.04 Å². The lowest BCUT2D eigenvalue weighted by molar-refractivity contribution is 0.589. The summed E-state index contributed by atoms with van der Waals surface area (Å²) in [5.74, 6) is 0. The fraction of sp³-hybridized carbons (Fsp3) is 0.625. The summed E-state index contributed by atoms with van der Waals surface area (Å²) < 4.78 is 0. The van der Waals surface area contributed by atoms with Crippen LogP contribution in [0.1, 0.15) is 39.7 Å². The van der Waals surface area contributed by atoms with E-state index >= 15 is 0 Å². The number of anilines is 1. The summed E-state index contributed by atoms with van der Waals surface area (Å²) in [6, 6.07) is 9.69. The molecule has 0 radical (unpaired) electrons. The topological polar surface area (TPSA) is 15.3 Å². The van der Waals surface area contributed by atoms with Crippen molar-refractivity contribution in [3.63, 3.8) is 0 Å². The molecule has 2 nitrogen and oxygen atoms in total. The number of nitrogens with zero attached hydrogens (tertiary/aromatic N) is 1. The van der Waals surface area contributed by atoms with Crippen LogP contribution in [0.5, 0.6) is 0 Å². The Balaban J connectivity index is 2.17. The highest BCUT2D eigenvalue weighted by molar-refractivity contribution is 5.49. The third kappa shape index (κ3) is 3.05. The van der Waals surface area contributed by atoms with Gasteiger partial charge >= 0.3 is 0 Å². The molecule has 0 amide bonds. The average Bonchev–Trinajstić information content (AvgIpc) is 2.53. The molecule has 1 saturated heterocycles. The molecule has 2 heteroatoms. The molecular weight excluding hydrogens is 220 g/mol. The van der Waals surface area contributed by atoms with E-state index in [2.05, 4.69) is 62.2 Å². The molecule has 1 aromatic rings. The van der Waals surface area contributed by atoms with Crippen LogP contribution in [0.25, 0.3) is 0 Å². The quantitative estimate of drug-likeness (QED) is 0.819. The van der Waals surface area contributed by atoms with Crippen molar-refractivity contribution < 1.29 is 0 Å². The normalized spacial score (nSPS) is 21.8. The minimum atomic E-state index is 0.241. The Morgan fingerprint density at radius 1 is 1.17 bits per heavy atom. The predicted octanol–water partition coefficient (Wildman–Crippen LogP) is 3.17. The van der Waals surface area contributed by atoms with Gasteiger partial charge in [-0.1, -0.05) is 32.9 Å². The number of hydrogen-bond donors (Lipinski definition) is 1. The first kappa shape index (κ1) is 13.4. The summed E-state index contributed by atoms with van der Waals surface area (Å²) in [6.45, 7) is 12.5. The molecule has 100 valence electrons. The lowest BCUT2D eigenvalue weighted by Crippen LogP contribution is -2.37. The van der Waals surface area contributed by atoms with E-state index in [0.717, 1.165) is 19.6 Å². The Hall–Kier alpha value is -1.02. The van der Waals surface area contributed by atoms with E-state index in [-0.39, 0.29) is 5.41 Å². The standard InChI is InChI=1S/C16H26N2/c1-13-12-17-10-5-11-18(13)15-8-6-14(7-9-15)16(2,3)4/h6-9,13,17H,5,10-12H2,1-4H3. The van der Waals surface area contributed by atoms with E-state index in [1.165, 1.54) is 17.7 Å². The molecule has 1 N–H and O–H groups in total. The summed E-state index contributed by atoms with van der Waals surface area (Å²) in [4.78, 5) is 2.52. The van der Waals surface area contributed by atoms with E-state index in [1.807, 2.05) is 0 Å². The van der Waals surface area contributed by atoms with E-state index in [1.54, 1.807) is 0 Å². The van der Waals surface area contributed by atoms with Crippen LogP contribution in [-0.4, -0.2) is 25.7 Å². The molecule has 18 heavy (non-hydrogen) atoms. The Kier molecular flexibility index (Phi) is 3.96. The van der Waals surface area contributed by atoms with Crippen molar-refractivity contribution in [2.45, 2.75) is 45.6 Å². The second-order valence-corrected chi connectivity index (χ2v) is 6.40. The largest absolute Gasteiger partial charge is 0.368 e. The molecule has 1 fully saturated rings. The van der Waals surface area contributed by atoms with Gasteiger partial charge in [-0.15, -0.1) is 0 Å². The molecule has 0 aliphatic carbocycles. The van der Waals surface area contributed by atoms with E-state index in [9.17, 15) is 0 Å². The van der Waals surface area contributed by atoms with Crippen LogP contribution >= 0.6 is 0 Å². The molecule has 1 heterocycles. The SMILES string of the molecule is CC1CNCCCN1c1ccc(C(C)(C)C)cc1. The zero-order chi connectivity index (χ0) is 13.2. The van der Waals surface area contributed by atoms with Crippen LogP contribution < -0.4 is 10.2 Å². The first-order valence-electron chi connectivity index (χ1n) is 7.06. The average molecular weight is 246 g/mol. The summed E-state index contributed by atoms with van der Waals surface area (Å²) >= 11 is 0. The van der Waals surface area contributed by atoms with Gasteiger partial charge in [0.1, 0.15) is 0 Å². The summed E-state index contributed by atoms with van der Waals surface area (Å²) in [5, 5.41) is 3.49. The van der Waals surface area contributed by atoms with Gasteiger partial charge in [-0.25, -0.2) is 0 Å². The van der Waals surface area contributed by atoms with Gasteiger partial charge in [0.05, 0.1) is 0 Å². The molecule has 2 rings (SSSR count). The Bertz CT molecular complexity index is 375. The third-order valence-corrected chi connectivity index (χ3v) is 3.79. The van der Waals surface area contributed by atoms with Crippen molar-refractivity contribution in [2.75, 3.05) is 24.5 Å². The zero-order valence-electron chi connectivity index (χ0n) is 12.2. The molecule has 0 spiro atoms. The highest BCUT2D eigenvalue weighted by atomic mass is 15.2. The van der Waals surface area contributed by atoms with E-state index < -0.39 is 0 Å². The minimum Gasteiger partial charge on any atom is -0.368 e. The van der Waals surface area contributed by atoms with Crippen LogP contribution in [0.2, 0.25) is 0 Å². The second kappa shape index (κ2) is 5.31. The highest BCUT2D eigenvalue weighted by Gasteiger charge is 2.18. The van der Waals surface area contributed by atoms with Crippen LogP contribution in [0.4, 0.5) is 5.69 Å². The van der Waals surface area contributed by atoms with Gasteiger partial charge < -0.3 is 10.2 Å². The van der Waals surface area contributed by atoms with Crippen LogP contribution in [0, 0.1) is 0 Å². The third-order valence-electron chi connectivity index (χ3n) is 3.79. The fourth-order valence-corrected chi connectivity index (χ4v) is 2.55. The molecule has 0 saturated carbocycles. The van der Waals surface area contributed by atoms with Gasteiger partial charge in [0.25, 0.3) is 0 Å². The van der Waals surface area contributed by atoms with Crippen molar-refractivity contribution in [2.24, 2.45) is 0 Å². The maximum absolute atomic E-state index is 3.49. The molecule has 1 aliphatic heterocycles. The fourth-order valence-electron chi connectivity index (χ4n) is 2.55. The van der Waals surface area contributed by atoms with Gasteiger partial charge in [-0.05, 0) is 43.0 Å². The predicted molar refractivity (Wildman–Crippen MR) is 79.4 cm³/mol. The van der Waals surface area contributed by atoms with Crippen molar-refractivity contribution >= 4 is 5.69 Å². The van der Waals surface area contributed by atoms with Crippen molar-refractivity contribution in [3.8, 4) is 0 Å². The Morgan fingerprint density at radius 2 is 1.83 bits per heavy atom. The van der Waals surface area contributed by atoms with Crippen molar-refractivity contribution in [3.05, 3.63) is 29.8 Å². The first-order chi connectivity index (χ1) is 8.48. The van der Waals surface area contributed by atoms with Gasteiger partial charge in [0.2, 0.25) is 0 Å². The number of benzene rings is 1. The van der Waals surface area contributed by atoms with Crippen LogP contribution in [0.15, 0.2) is 24.3 Å². The monoisotopic (exact) mass is 246 g/mol. The molecule has 1 unspecified atom stereocenters. The van der Waals surface area contributed by atoms with Crippen molar-refractivity contribution in [1.29, 1.82) is 0 Å². The summed E-state index contributed by atoms with van der Waals surface area (Å²) in [6.07, 6.45) is 1.23. The van der Waals surface area contributed by atoms with Gasteiger partial charge in [0, 0.05) is 24.8 Å². The number of rotatable bonds is 1. The summed E-state index contributed by atoms with van der Waals surface area (Å²) in [7, 11) is 0. The lowest BCUT2D eigenvalue weighted by Gasteiger charge is -2.30. The van der Waals surface area contributed by atoms with Gasteiger partial charge in [-0.3, -0.25) is 0 Å². The van der Waals surface area contributed by atoms with Gasteiger partial charge in [-0.2, -0.15) is 0 Å². The molecule has 1 aliphatic rings.